The van der Waals surface area contributed by atoms with E-state index in [9.17, 15) is 19.8 Å². The predicted octanol–water partition coefficient (Wildman–Crippen LogP) is 7.46. The van der Waals surface area contributed by atoms with Crippen molar-refractivity contribution < 1.29 is 24.5 Å². The van der Waals surface area contributed by atoms with E-state index in [0.717, 1.165) is 36.8 Å². The van der Waals surface area contributed by atoms with E-state index in [1.165, 1.54) is 12.5 Å². The Kier molecular flexibility index (Phi) is 9.52. The van der Waals surface area contributed by atoms with Crippen molar-refractivity contribution >= 4 is 11.9 Å². The molecule has 0 radical (unpaired) electrons. The van der Waals surface area contributed by atoms with Gasteiger partial charge in [0.15, 0.2) is 0 Å². The third-order valence-electron chi connectivity index (χ3n) is 13.2. The second-order valence-corrected chi connectivity index (χ2v) is 15.9. The number of esters is 1. The van der Waals surface area contributed by atoms with Crippen LogP contribution < -0.4 is 5.32 Å². The normalized spacial score (nSPS) is 40.7. The number of allylic oxidation sites excluding steroid dienone is 2. The van der Waals surface area contributed by atoms with E-state index in [-0.39, 0.29) is 58.0 Å². The number of aliphatic hydroxyl groups is 2. The number of nitrogens with one attached hydrogen (secondary N) is 1. The molecule has 3 N–H and O–H groups in total. The zero-order chi connectivity index (χ0) is 32.9. The first-order chi connectivity index (χ1) is 21.1. The van der Waals surface area contributed by atoms with Gasteiger partial charge in [0.2, 0.25) is 5.91 Å². The molecule has 0 heterocycles. The molecule has 5 rings (SSSR count). The lowest BCUT2D eigenvalue weighted by atomic mass is 9.36. The minimum Gasteiger partial charge on any atom is -0.458 e. The highest BCUT2D eigenvalue weighted by atomic mass is 16.5. The van der Waals surface area contributed by atoms with Gasteiger partial charge >= 0.3 is 5.97 Å². The highest BCUT2D eigenvalue weighted by molar-refractivity contribution is 5.95. The minimum atomic E-state index is -0.542. The second kappa shape index (κ2) is 12.6. The Labute approximate surface area is 271 Å². The molecule has 11 atom stereocenters. The quantitative estimate of drug-likeness (QED) is 0.167. The Morgan fingerprint density at radius 3 is 2.36 bits per heavy atom. The van der Waals surface area contributed by atoms with Crippen molar-refractivity contribution in [2.75, 3.05) is 0 Å². The summed E-state index contributed by atoms with van der Waals surface area (Å²) in [4.78, 5) is 27.0. The van der Waals surface area contributed by atoms with Gasteiger partial charge in [0.1, 0.15) is 6.10 Å². The van der Waals surface area contributed by atoms with Gasteiger partial charge in [0, 0.05) is 12.5 Å². The van der Waals surface area contributed by atoms with Gasteiger partial charge in [0.05, 0.1) is 18.2 Å². The van der Waals surface area contributed by atoms with Crippen LogP contribution >= 0.6 is 0 Å². The average Bonchev–Trinajstić information content (AvgIpc) is 3.24. The molecular weight excluding hydrogens is 562 g/mol. The van der Waals surface area contributed by atoms with Crippen LogP contribution in [0.4, 0.5) is 0 Å². The number of aliphatic hydroxyl groups excluding tert-OH is 2. The van der Waals surface area contributed by atoms with Gasteiger partial charge in [-0.3, -0.25) is 9.59 Å². The van der Waals surface area contributed by atoms with Gasteiger partial charge in [-0.05, 0) is 123 Å². The van der Waals surface area contributed by atoms with E-state index >= 15 is 0 Å². The second-order valence-electron chi connectivity index (χ2n) is 15.9. The molecular formula is C39H57NO5. The topological polar surface area (TPSA) is 95.9 Å². The maximum Gasteiger partial charge on any atom is 0.303 e. The standard InChI is InChI=1S/C39H57NO5/c1-23(2)13-12-16-28(36(44)40-25(4)27-14-10-9-11-15-27)34-30-21-32(43)35-37(6)19-18-31(42)24(3)29(37)17-20-38(35,7)39(30,8)22-33(34)45-26(5)41/h9-11,13-15,24-25,29-33,35,42-43H,12,16-22H2,1-8H3,(H,40,44)/b34-28-/t24-,25-,29-,30-,31+,32+,33-,35-,37-,38-,39-/m0/s1. The van der Waals surface area contributed by atoms with Crippen molar-refractivity contribution in [2.45, 2.75) is 131 Å². The molecule has 0 aromatic heterocycles. The molecule has 45 heavy (non-hydrogen) atoms. The summed E-state index contributed by atoms with van der Waals surface area (Å²) in [5, 5.41) is 26.3. The van der Waals surface area contributed by atoms with Crippen LogP contribution in [0.5, 0.6) is 0 Å². The van der Waals surface area contributed by atoms with Crippen molar-refractivity contribution in [3.8, 4) is 0 Å². The van der Waals surface area contributed by atoms with Crippen LogP contribution in [-0.4, -0.2) is 40.4 Å². The molecule has 4 aliphatic carbocycles. The summed E-state index contributed by atoms with van der Waals surface area (Å²) in [5.41, 5.74) is 3.29. The van der Waals surface area contributed by atoms with E-state index in [4.69, 9.17) is 4.74 Å². The molecule has 0 spiro atoms. The Bertz CT molecular complexity index is 1330. The van der Waals surface area contributed by atoms with Gasteiger partial charge in [-0.1, -0.05) is 69.7 Å². The molecule has 4 fully saturated rings. The summed E-state index contributed by atoms with van der Waals surface area (Å²) in [5.74, 6) is 0.102. The number of carbonyl (C=O) groups is 2. The van der Waals surface area contributed by atoms with Crippen molar-refractivity contribution in [1.29, 1.82) is 0 Å². The van der Waals surface area contributed by atoms with Crippen LogP contribution in [0.1, 0.15) is 118 Å². The number of fused-ring (bicyclic) bond motifs is 5. The summed E-state index contributed by atoms with van der Waals surface area (Å²) in [6.45, 7) is 16.9. The fourth-order valence-electron chi connectivity index (χ4n) is 10.9. The zero-order valence-corrected chi connectivity index (χ0v) is 28.9. The summed E-state index contributed by atoms with van der Waals surface area (Å²) in [7, 11) is 0. The fraction of sp³-hybridized carbons (Fsp3) is 0.692. The molecule has 1 aromatic rings. The van der Waals surface area contributed by atoms with Crippen molar-refractivity contribution in [1.82, 2.24) is 5.32 Å². The Morgan fingerprint density at radius 1 is 1.02 bits per heavy atom. The first-order valence-electron chi connectivity index (χ1n) is 17.4. The Hall–Kier alpha value is -2.44. The number of amides is 1. The first-order valence-corrected chi connectivity index (χ1v) is 17.4. The molecule has 1 amide bonds. The summed E-state index contributed by atoms with van der Waals surface area (Å²) < 4.78 is 6.15. The molecule has 6 heteroatoms. The third kappa shape index (κ3) is 5.84. The summed E-state index contributed by atoms with van der Waals surface area (Å²) >= 11 is 0. The smallest absolute Gasteiger partial charge is 0.303 e. The largest absolute Gasteiger partial charge is 0.458 e. The van der Waals surface area contributed by atoms with Gasteiger partial charge in [-0.15, -0.1) is 0 Å². The summed E-state index contributed by atoms with van der Waals surface area (Å²) in [6.07, 6.45) is 6.93. The highest BCUT2D eigenvalue weighted by Crippen LogP contribution is 2.74. The lowest BCUT2D eigenvalue weighted by Gasteiger charge is -2.69. The number of carbonyl (C=O) groups excluding carboxylic acids is 2. The number of benzene rings is 1. The third-order valence-corrected chi connectivity index (χ3v) is 13.2. The lowest BCUT2D eigenvalue weighted by Crippen LogP contribution is -2.65. The van der Waals surface area contributed by atoms with Crippen LogP contribution in [-0.2, 0) is 14.3 Å². The number of hydrogen-bond acceptors (Lipinski definition) is 5. The summed E-state index contributed by atoms with van der Waals surface area (Å²) in [6, 6.07) is 9.80. The van der Waals surface area contributed by atoms with Crippen LogP contribution in [0.25, 0.3) is 0 Å². The van der Waals surface area contributed by atoms with Crippen LogP contribution in [0.15, 0.2) is 53.1 Å². The number of ether oxygens (including phenoxy) is 1. The van der Waals surface area contributed by atoms with Crippen LogP contribution in [0, 0.1) is 39.9 Å². The minimum absolute atomic E-state index is 0.0679. The van der Waals surface area contributed by atoms with E-state index in [0.29, 0.717) is 37.2 Å². The molecule has 0 aliphatic heterocycles. The van der Waals surface area contributed by atoms with Gasteiger partial charge in [0.25, 0.3) is 0 Å². The van der Waals surface area contributed by atoms with E-state index in [1.54, 1.807) is 0 Å². The highest BCUT2D eigenvalue weighted by Gasteiger charge is 2.70. The number of hydrogen-bond donors (Lipinski definition) is 3. The molecule has 0 unspecified atom stereocenters. The molecule has 0 bridgehead atoms. The molecule has 248 valence electrons. The molecule has 6 nitrogen and oxygen atoms in total. The zero-order valence-electron chi connectivity index (χ0n) is 28.9. The van der Waals surface area contributed by atoms with Gasteiger partial charge < -0.3 is 20.3 Å². The Balaban J connectivity index is 1.60. The monoisotopic (exact) mass is 619 g/mol. The van der Waals surface area contributed by atoms with Gasteiger partial charge in [-0.2, -0.15) is 0 Å². The first kappa shape index (κ1) is 33.9. The van der Waals surface area contributed by atoms with Crippen molar-refractivity contribution in [2.24, 2.45) is 39.9 Å². The fourth-order valence-corrected chi connectivity index (χ4v) is 10.9. The van der Waals surface area contributed by atoms with Crippen molar-refractivity contribution in [3.63, 3.8) is 0 Å². The van der Waals surface area contributed by atoms with Gasteiger partial charge in [-0.25, -0.2) is 0 Å². The maximum absolute atomic E-state index is 14.3. The van der Waals surface area contributed by atoms with Crippen LogP contribution in [0.2, 0.25) is 0 Å². The average molecular weight is 620 g/mol. The number of rotatable bonds is 7. The predicted molar refractivity (Wildman–Crippen MR) is 178 cm³/mol. The lowest BCUT2D eigenvalue weighted by molar-refractivity contribution is -0.234. The van der Waals surface area contributed by atoms with E-state index < -0.39 is 12.2 Å². The molecule has 4 saturated carbocycles. The Morgan fingerprint density at radius 2 is 1.71 bits per heavy atom. The van der Waals surface area contributed by atoms with Crippen molar-refractivity contribution in [3.05, 3.63) is 58.7 Å². The van der Waals surface area contributed by atoms with E-state index in [1.807, 2.05) is 37.3 Å². The molecule has 0 saturated heterocycles. The molecule has 1 aromatic carbocycles. The van der Waals surface area contributed by atoms with Crippen LogP contribution in [0.3, 0.4) is 0 Å². The van der Waals surface area contributed by atoms with E-state index in [2.05, 4.69) is 52.9 Å². The maximum atomic E-state index is 14.3. The SMILES string of the molecule is CC(=O)O[C@H]1C[C@@]2(C)[C@@H](C[C@@H](O)[C@H]3[C@@]4(C)CC[C@@H](O)[C@@H](C)[C@@H]4CC[C@@]32C)/C1=C(\CCC=C(C)C)C(=O)N[C@@H](C)c1ccccc1. The molecule has 4 aliphatic rings.